The summed E-state index contributed by atoms with van der Waals surface area (Å²) in [4.78, 5) is 14.1. The van der Waals surface area contributed by atoms with Crippen molar-refractivity contribution >= 4 is 27.1 Å². The SMILES string of the molecule is CS(=O)(=O)c1cccc2c1NC(=O)CCN2C1CC1. The Morgan fingerprint density at radius 3 is 2.68 bits per heavy atom. The molecule has 0 spiro atoms. The summed E-state index contributed by atoms with van der Waals surface area (Å²) in [5, 5.41) is 2.75. The van der Waals surface area contributed by atoms with Gasteiger partial charge in [-0.25, -0.2) is 8.42 Å². The number of amides is 1. The second-order valence-corrected chi connectivity index (χ2v) is 7.13. The molecule has 0 aromatic heterocycles. The number of anilines is 2. The van der Waals surface area contributed by atoms with Crippen molar-refractivity contribution in [1.29, 1.82) is 0 Å². The van der Waals surface area contributed by atoms with Gasteiger partial charge in [-0.05, 0) is 25.0 Å². The second-order valence-electron chi connectivity index (χ2n) is 5.15. The molecule has 102 valence electrons. The summed E-state index contributed by atoms with van der Waals surface area (Å²) in [7, 11) is -3.35. The van der Waals surface area contributed by atoms with Gasteiger partial charge >= 0.3 is 0 Å². The average Bonchev–Trinajstić information content (AvgIpc) is 3.12. The van der Waals surface area contributed by atoms with Gasteiger partial charge in [-0.1, -0.05) is 6.07 Å². The van der Waals surface area contributed by atoms with Crippen LogP contribution in [0.1, 0.15) is 19.3 Å². The van der Waals surface area contributed by atoms with E-state index in [1.807, 2.05) is 6.07 Å². The number of hydrogen-bond donors (Lipinski definition) is 1. The Balaban J connectivity index is 2.17. The lowest BCUT2D eigenvalue weighted by atomic mass is 10.2. The van der Waals surface area contributed by atoms with Gasteiger partial charge in [-0.15, -0.1) is 0 Å². The maximum Gasteiger partial charge on any atom is 0.226 e. The maximum absolute atomic E-state index is 11.8. The minimum atomic E-state index is -3.35. The minimum Gasteiger partial charge on any atom is -0.366 e. The normalized spacial score (nSPS) is 19.6. The molecular formula is C13H16N2O3S. The van der Waals surface area contributed by atoms with Gasteiger partial charge in [-0.2, -0.15) is 0 Å². The van der Waals surface area contributed by atoms with Crippen molar-refractivity contribution in [2.75, 3.05) is 23.0 Å². The molecule has 0 saturated heterocycles. The van der Waals surface area contributed by atoms with E-state index in [0.29, 0.717) is 24.7 Å². The molecule has 1 fully saturated rings. The van der Waals surface area contributed by atoms with Crippen LogP contribution in [0.25, 0.3) is 0 Å². The Labute approximate surface area is 112 Å². The zero-order valence-electron chi connectivity index (χ0n) is 10.7. The van der Waals surface area contributed by atoms with E-state index in [4.69, 9.17) is 0 Å². The van der Waals surface area contributed by atoms with Crippen molar-refractivity contribution in [3.05, 3.63) is 18.2 Å². The number of benzene rings is 1. The summed E-state index contributed by atoms with van der Waals surface area (Å²) in [5.74, 6) is -0.125. The van der Waals surface area contributed by atoms with E-state index in [1.165, 1.54) is 6.26 Å². The molecule has 1 N–H and O–H groups in total. The van der Waals surface area contributed by atoms with Crippen molar-refractivity contribution < 1.29 is 13.2 Å². The van der Waals surface area contributed by atoms with Gasteiger partial charge < -0.3 is 10.2 Å². The Morgan fingerprint density at radius 1 is 1.32 bits per heavy atom. The molecule has 2 aliphatic rings. The topological polar surface area (TPSA) is 66.5 Å². The number of nitrogens with zero attached hydrogens (tertiary/aromatic N) is 1. The Kier molecular flexibility index (Phi) is 2.78. The maximum atomic E-state index is 11.8. The number of para-hydroxylation sites is 1. The van der Waals surface area contributed by atoms with Crippen LogP contribution >= 0.6 is 0 Å². The monoisotopic (exact) mass is 280 g/mol. The number of rotatable bonds is 2. The lowest BCUT2D eigenvalue weighted by Gasteiger charge is -2.24. The van der Waals surface area contributed by atoms with Crippen molar-refractivity contribution in [3.63, 3.8) is 0 Å². The van der Waals surface area contributed by atoms with Gasteiger partial charge in [0.25, 0.3) is 0 Å². The number of fused-ring (bicyclic) bond motifs is 1. The molecule has 1 heterocycles. The quantitative estimate of drug-likeness (QED) is 0.889. The Hall–Kier alpha value is -1.56. The van der Waals surface area contributed by atoms with Crippen LogP contribution in [-0.2, 0) is 14.6 Å². The van der Waals surface area contributed by atoms with Crippen LogP contribution in [0.5, 0.6) is 0 Å². The van der Waals surface area contributed by atoms with E-state index < -0.39 is 9.84 Å². The largest absolute Gasteiger partial charge is 0.366 e. The summed E-state index contributed by atoms with van der Waals surface area (Å²) in [5.41, 5.74) is 1.27. The smallest absolute Gasteiger partial charge is 0.226 e. The molecular weight excluding hydrogens is 264 g/mol. The van der Waals surface area contributed by atoms with Crippen LogP contribution in [0, 0.1) is 0 Å². The van der Waals surface area contributed by atoms with Crippen molar-refractivity contribution in [3.8, 4) is 0 Å². The second kappa shape index (κ2) is 4.23. The molecule has 1 aliphatic heterocycles. The lowest BCUT2D eigenvalue weighted by molar-refractivity contribution is -0.116. The van der Waals surface area contributed by atoms with Crippen LogP contribution in [0.4, 0.5) is 11.4 Å². The van der Waals surface area contributed by atoms with Gasteiger partial charge in [0.1, 0.15) is 0 Å². The average molecular weight is 280 g/mol. The molecule has 6 heteroatoms. The summed E-state index contributed by atoms with van der Waals surface area (Å²) in [6.45, 7) is 0.650. The van der Waals surface area contributed by atoms with E-state index in [0.717, 1.165) is 18.5 Å². The molecule has 19 heavy (non-hydrogen) atoms. The molecule has 0 bridgehead atoms. The first-order valence-corrected chi connectivity index (χ1v) is 8.25. The van der Waals surface area contributed by atoms with Gasteiger partial charge in [0.15, 0.2) is 9.84 Å². The third-order valence-corrected chi connectivity index (χ3v) is 4.68. The zero-order valence-corrected chi connectivity index (χ0v) is 11.5. The van der Waals surface area contributed by atoms with Gasteiger partial charge in [0.05, 0.1) is 16.3 Å². The predicted molar refractivity (Wildman–Crippen MR) is 73.2 cm³/mol. The fraction of sp³-hybridized carbons (Fsp3) is 0.462. The first kappa shape index (κ1) is 12.5. The van der Waals surface area contributed by atoms with Crippen LogP contribution in [0.15, 0.2) is 23.1 Å². The van der Waals surface area contributed by atoms with Gasteiger partial charge in [0, 0.05) is 25.3 Å². The highest BCUT2D eigenvalue weighted by Gasteiger charge is 2.34. The minimum absolute atomic E-state index is 0.125. The number of carbonyl (C=O) groups excluding carboxylic acids is 1. The fourth-order valence-corrected chi connectivity index (χ4v) is 3.36. The summed E-state index contributed by atoms with van der Waals surface area (Å²) < 4.78 is 23.7. The summed E-state index contributed by atoms with van der Waals surface area (Å²) >= 11 is 0. The molecule has 0 atom stereocenters. The van der Waals surface area contributed by atoms with Crippen molar-refractivity contribution in [1.82, 2.24) is 0 Å². The van der Waals surface area contributed by atoms with Crippen LogP contribution in [-0.4, -0.2) is 33.2 Å². The highest BCUT2D eigenvalue weighted by Crippen LogP contribution is 2.40. The van der Waals surface area contributed by atoms with Crippen LogP contribution < -0.4 is 10.2 Å². The van der Waals surface area contributed by atoms with E-state index in [2.05, 4.69) is 10.2 Å². The number of hydrogen-bond acceptors (Lipinski definition) is 4. The first-order valence-electron chi connectivity index (χ1n) is 6.36. The molecule has 0 radical (unpaired) electrons. The predicted octanol–water partition coefficient (Wildman–Crippen LogP) is 1.40. The van der Waals surface area contributed by atoms with Crippen LogP contribution in [0.3, 0.4) is 0 Å². The third kappa shape index (κ3) is 2.32. The highest BCUT2D eigenvalue weighted by molar-refractivity contribution is 7.90. The van der Waals surface area contributed by atoms with E-state index in [-0.39, 0.29) is 10.8 Å². The number of carbonyl (C=O) groups is 1. The molecule has 1 saturated carbocycles. The molecule has 1 aliphatic carbocycles. The van der Waals surface area contributed by atoms with E-state index >= 15 is 0 Å². The fourth-order valence-electron chi connectivity index (χ4n) is 2.50. The van der Waals surface area contributed by atoms with Crippen molar-refractivity contribution in [2.45, 2.75) is 30.2 Å². The number of nitrogens with one attached hydrogen (secondary N) is 1. The Morgan fingerprint density at radius 2 is 2.05 bits per heavy atom. The number of sulfone groups is 1. The first-order chi connectivity index (χ1) is 8.97. The molecule has 1 aromatic carbocycles. The lowest BCUT2D eigenvalue weighted by Crippen LogP contribution is -2.26. The third-order valence-electron chi connectivity index (χ3n) is 3.54. The molecule has 3 rings (SSSR count). The van der Waals surface area contributed by atoms with E-state index in [9.17, 15) is 13.2 Å². The molecule has 0 unspecified atom stereocenters. The standard InChI is InChI=1S/C13H16N2O3S/c1-19(17,18)11-4-2-3-10-13(11)14-12(16)7-8-15(10)9-5-6-9/h2-4,9H,5-8H2,1H3,(H,14,16). The summed E-state index contributed by atoms with van der Waals surface area (Å²) in [6.07, 6.45) is 3.78. The van der Waals surface area contributed by atoms with Crippen LogP contribution in [0.2, 0.25) is 0 Å². The van der Waals surface area contributed by atoms with Crippen molar-refractivity contribution in [2.24, 2.45) is 0 Å². The highest BCUT2D eigenvalue weighted by atomic mass is 32.2. The van der Waals surface area contributed by atoms with Gasteiger partial charge in [-0.3, -0.25) is 4.79 Å². The Bertz CT molecular complexity index is 635. The molecule has 5 nitrogen and oxygen atoms in total. The molecule has 1 aromatic rings. The summed E-state index contributed by atoms with van der Waals surface area (Å²) in [6, 6.07) is 5.61. The van der Waals surface area contributed by atoms with E-state index in [1.54, 1.807) is 12.1 Å². The molecule has 1 amide bonds. The zero-order chi connectivity index (χ0) is 13.6. The van der Waals surface area contributed by atoms with Gasteiger partial charge in [0.2, 0.25) is 5.91 Å².